The smallest absolute Gasteiger partial charge is 0.348 e. The molecule has 4 nitrogen and oxygen atoms in total. The molecule has 1 aromatic carbocycles. The molecule has 0 atom stereocenters. The molecule has 0 aliphatic rings. The first-order valence-electron chi connectivity index (χ1n) is 5.25. The van der Waals surface area contributed by atoms with E-state index in [0.717, 1.165) is 0 Å². The van der Waals surface area contributed by atoms with Crippen LogP contribution in [-0.4, -0.2) is 19.7 Å². The molecule has 0 amide bonds. The zero-order chi connectivity index (χ0) is 13.5. The van der Waals surface area contributed by atoms with E-state index in [2.05, 4.69) is 0 Å². The van der Waals surface area contributed by atoms with Gasteiger partial charge in [0.2, 0.25) is 0 Å². The molecule has 1 aromatic rings. The lowest BCUT2D eigenvalue weighted by molar-refractivity contribution is -0.137. The third-order valence-electron chi connectivity index (χ3n) is 2.13. The van der Waals surface area contributed by atoms with Crippen molar-refractivity contribution in [3.63, 3.8) is 0 Å². The fraction of sp³-hybridized carbons (Fsp3) is 0.231. The van der Waals surface area contributed by atoms with Crippen LogP contribution in [0.5, 0.6) is 5.75 Å². The molecular weight excluding hydrogens is 254 g/mol. The van der Waals surface area contributed by atoms with Crippen molar-refractivity contribution in [2.24, 2.45) is 0 Å². The number of methoxy groups -OCH3 is 1. The third kappa shape index (κ3) is 3.25. The molecule has 0 spiro atoms. The van der Waals surface area contributed by atoms with Crippen LogP contribution in [0.25, 0.3) is 6.08 Å². The second-order valence-corrected chi connectivity index (χ2v) is 3.63. The van der Waals surface area contributed by atoms with E-state index in [1.807, 2.05) is 0 Å². The van der Waals surface area contributed by atoms with E-state index in [4.69, 9.17) is 26.3 Å². The Hall–Kier alpha value is -1.99. The first-order chi connectivity index (χ1) is 8.63. The van der Waals surface area contributed by atoms with Crippen molar-refractivity contribution in [3.8, 4) is 11.8 Å². The Bertz CT molecular complexity index is 517. The van der Waals surface area contributed by atoms with E-state index in [-0.39, 0.29) is 12.2 Å². The third-order valence-corrected chi connectivity index (χ3v) is 2.53. The normalized spacial score (nSPS) is 10.7. The summed E-state index contributed by atoms with van der Waals surface area (Å²) in [5.41, 5.74) is 0.424. The molecule has 0 bridgehead atoms. The average Bonchev–Trinajstić information content (AvgIpc) is 2.37. The molecule has 0 saturated heterocycles. The number of halogens is 1. The molecule has 94 valence electrons. The number of nitrogens with zero attached hydrogens (tertiary/aromatic N) is 1. The lowest BCUT2D eigenvalue weighted by atomic mass is 10.1. The first-order valence-corrected chi connectivity index (χ1v) is 5.63. The molecule has 0 fully saturated rings. The Labute approximate surface area is 110 Å². The van der Waals surface area contributed by atoms with Gasteiger partial charge in [0.25, 0.3) is 0 Å². The Balaban J connectivity index is 3.15. The van der Waals surface area contributed by atoms with E-state index < -0.39 is 5.97 Å². The second kappa shape index (κ2) is 6.67. The van der Waals surface area contributed by atoms with Gasteiger partial charge >= 0.3 is 5.97 Å². The van der Waals surface area contributed by atoms with Crippen LogP contribution in [0, 0.1) is 11.3 Å². The molecule has 18 heavy (non-hydrogen) atoms. The maximum atomic E-state index is 11.5. The largest absolute Gasteiger partial charge is 0.495 e. The van der Waals surface area contributed by atoms with Crippen molar-refractivity contribution in [1.29, 1.82) is 5.26 Å². The van der Waals surface area contributed by atoms with Crippen LogP contribution in [0.3, 0.4) is 0 Å². The minimum Gasteiger partial charge on any atom is -0.495 e. The van der Waals surface area contributed by atoms with E-state index in [1.165, 1.54) is 13.2 Å². The van der Waals surface area contributed by atoms with Crippen molar-refractivity contribution >= 4 is 23.6 Å². The average molecular weight is 266 g/mol. The van der Waals surface area contributed by atoms with Gasteiger partial charge in [-0.05, 0) is 24.6 Å². The standard InChI is InChI=1S/C13H12ClNO3/c1-3-18-13(16)10(8-15)7-9-5-4-6-11(17-2)12(9)14/h4-7H,3H2,1-2H3/b10-7+. The highest BCUT2D eigenvalue weighted by Crippen LogP contribution is 2.29. The number of hydrogen-bond donors (Lipinski definition) is 0. The maximum absolute atomic E-state index is 11.5. The lowest BCUT2D eigenvalue weighted by Crippen LogP contribution is -2.06. The number of benzene rings is 1. The van der Waals surface area contributed by atoms with Crippen LogP contribution in [0.15, 0.2) is 23.8 Å². The fourth-order valence-electron chi connectivity index (χ4n) is 1.30. The van der Waals surface area contributed by atoms with E-state index in [1.54, 1.807) is 31.2 Å². The summed E-state index contributed by atoms with van der Waals surface area (Å²) in [4.78, 5) is 11.5. The Morgan fingerprint density at radius 2 is 2.28 bits per heavy atom. The van der Waals surface area contributed by atoms with Crippen molar-refractivity contribution in [1.82, 2.24) is 0 Å². The zero-order valence-electron chi connectivity index (χ0n) is 10.1. The number of carbonyl (C=O) groups is 1. The van der Waals surface area contributed by atoms with Gasteiger partial charge in [-0.2, -0.15) is 5.26 Å². The number of nitriles is 1. The van der Waals surface area contributed by atoms with Gasteiger partial charge in [-0.25, -0.2) is 4.79 Å². The SMILES string of the molecule is CCOC(=O)/C(C#N)=C/c1cccc(OC)c1Cl. The highest BCUT2D eigenvalue weighted by Gasteiger charge is 2.12. The summed E-state index contributed by atoms with van der Waals surface area (Å²) in [6.45, 7) is 1.88. The van der Waals surface area contributed by atoms with E-state index in [9.17, 15) is 4.79 Å². The van der Waals surface area contributed by atoms with Gasteiger partial charge in [-0.15, -0.1) is 0 Å². The quantitative estimate of drug-likeness (QED) is 0.477. The van der Waals surface area contributed by atoms with Crippen LogP contribution < -0.4 is 4.74 Å². The summed E-state index contributed by atoms with van der Waals surface area (Å²) in [6, 6.07) is 6.88. The topological polar surface area (TPSA) is 59.3 Å². The van der Waals surface area contributed by atoms with Crippen LogP contribution in [0.1, 0.15) is 12.5 Å². The number of hydrogen-bond acceptors (Lipinski definition) is 4. The first kappa shape index (κ1) is 14.1. The monoisotopic (exact) mass is 265 g/mol. The van der Waals surface area contributed by atoms with Crippen molar-refractivity contribution in [2.45, 2.75) is 6.92 Å². The molecule has 0 heterocycles. The zero-order valence-corrected chi connectivity index (χ0v) is 10.8. The number of rotatable bonds is 4. The lowest BCUT2D eigenvalue weighted by Gasteiger charge is -2.05. The van der Waals surface area contributed by atoms with E-state index >= 15 is 0 Å². The van der Waals surface area contributed by atoms with Gasteiger partial charge < -0.3 is 9.47 Å². The van der Waals surface area contributed by atoms with Crippen molar-refractivity contribution in [3.05, 3.63) is 34.4 Å². The molecule has 0 saturated carbocycles. The highest BCUT2D eigenvalue weighted by atomic mass is 35.5. The molecule has 0 aromatic heterocycles. The van der Waals surface area contributed by atoms with Gasteiger partial charge in [0.15, 0.2) is 0 Å². The van der Waals surface area contributed by atoms with Crippen LogP contribution in [0.2, 0.25) is 5.02 Å². The highest BCUT2D eigenvalue weighted by molar-refractivity contribution is 6.33. The molecule has 0 aliphatic heterocycles. The minimum absolute atomic E-state index is 0.105. The molecule has 5 heteroatoms. The fourth-order valence-corrected chi connectivity index (χ4v) is 1.56. The van der Waals surface area contributed by atoms with Gasteiger partial charge in [0, 0.05) is 0 Å². The summed E-state index contributed by atoms with van der Waals surface area (Å²) >= 11 is 6.06. The predicted octanol–water partition coefficient (Wildman–Crippen LogP) is 2.82. The number of ether oxygens (including phenoxy) is 2. The van der Waals surface area contributed by atoms with Crippen LogP contribution in [0.4, 0.5) is 0 Å². The maximum Gasteiger partial charge on any atom is 0.348 e. The summed E-state index contributed by atoms with van der Waals surface area (Å²) in [5.74, 6) is -0.189. The van der Waals surface area contributed by atoms with Gasteiger partial charge in [0.1, 0.15) is 17.4 Å². The Kier molecular flexibility index (Phi) is 5.22. The van der Waals surface area contributed by atoms with Crippen molar-refractivity contribution in [2.75, 3.05) is 13.7 Å². The second-order valence-electron chi connectivity index (χ2n) is 3.25. The molecule has 0 N–H and O–H groups in total. The molecule has 0 aliphatic carbocycles. The predicted molar refractivity (Wildman–Crippen MR) is 68.2 cm³/mol. The van der Waals surface area contributed by atoms with Gasteiger partial charge in [-0.1, -0.05) is 23.7 Å². The van der Waals surface area contributed by atoms with Gasteiger partial charge in [0.05, 0.1) is 18.7 Å². The van der Waals surface area contributed by atoms with Gasteiger partial charge in [-0.3, -0.25) is 0 Å². The number of carbonyl (C=O) groups excluding carboxylic acids is 1. The summed E-state index contributed by atoms with van der Waals surface area (Å²) in [7, 11) is 1.49. The Morgan fingerprint density at radius 1 is 1.56 bits per heavy atom. The van der Waals surface area contributed by atoms with Crippen LogP contribution in [-0.2, 0) is 9.53 Å². The minimum atomic E-state index is -0.668. The van der Waals surface area contributed by atoms with Crippen LogP contribution >= 0.6 is 11.6 Å². The summed E-state index contributed by atoms with van der Waals surface area (Å²) in [5, 5.41) is 9.25. The summed E-state index contributed by atoms with van der Waals surface area (Å²) in [6.07, 6.45) is 1.38. The number of esters is 1. The van der Waals surface area contributed by atoms with Crippen molar-refractivity contribution < 1.29 is 14.3 Å². The van der Waals surface area contributed by atoms with E-state index in [0.29, 0.717) is 16.3 Å². The molecular formula is C13H12ClNO3. The Morgan fingerprint density at radius 3 is 2.83 bits per heavy atom. The molecule has 1 rings (SSSR count). The molecule has 0 radical (unpaired) electrons. The summed E-state index contributed by atoms with van der Waals surface area (Å²) < 4.78 is 9.81. The molecule has 0 unspecified atom stereocenters.